The molecule has 18 heavy (non-hydrogen) atoms. The Morgan fingerprint density at radius 2 is 2.00 bits per heavy atom. The van der Waals surface area contributed by atoms with E-state index in [2.05, 4.69) is 24.5 Å². The summed E-state index contributed by atoms with van der Waals surface area (Å²) in [4.78, 5) is 11.7. The second-order valence-corrected chi connectivity index (χ2v) is 5.86. The molecule has 0 atom stereocenters. The standard InChI is InChI=1S/C14H28N2O2/c1-14(2,12-6-9-18-10-7-12)11-16-13(17)5-4-8-15-3/h12,15H,4-11H2,1-3H3,(H,16,17). The highest BCUT2D eigenvalue weighted by molar-refractivity contribution is 5.75. The Morgan fingerprint density at radius 3 is 2.61 bits per heavy atom. The molecule has 1 saturated heterocycles. The number of hydrogen-bond acceptors (Lipinski definition) is 3. The first kappa shape index (κ1) is 15.4. The lowest BCUT2D eigenvalue weighted by atomic mass is 9.74. The largest absolute Gasteiger partial charge is 0.381 e. The zero-order chi connectivity index (χ0) is 13.4. The third-order valence-corrected chi connectivity index (χ3v) is 3.90. The molecule has 0 aliphatic carbocycles. The molecule has 2 N–H and O–H groups in total. The molecule has 1 heterocycles. The smallest absolute Gasteiger partial charge is 0.220 e. The van der Waals surface area contributed by atoms with Gasteiger partial charge in [-0.15, -0.1) is 0 Å². The molecule has 4 heteroatoms. The number of ether oxygens (including phenoxy) is 1. The van der Waals surface area contributed by atoms with Gasteiger partial charge in [-0.1, -0.05) is 13.8 Å². The Bertz CT molecular complexity index is 248. The topological polar surface area (TPSA) is 50.4 Å². The number of amides is 1. The van der Waals surface area contributed by atoms with Crippen molar-refractivity contribution < 1.29 is 9.53 Å². The highest BCUT2D eigenvalue weighted by atomic mass is 16.5. The molecule has 1 rings (SSSR count). The predicted molar refractivity (Wildman–Crippen MR) is 73.5 cm³/mol. The summed E-state index contributed by atoms with van der Waals surface area (Å²) >= 11 is 0. The van der Waals surface area contributed by atoms with Gasteiger partial charge in [0.05, 0.1) is 0 Å². The Kier molecular flexibility index (Phi) is 6.65. The van der Waals surface area contributed by atoms with E-state index in [1.54, 1.807) is 0 Å². The van der Waals surface area contributed by atoms with Crippen LogP contribution < -0.4 is 10.6 Å². The first-order valence-corrected chi connectivity index (χ1v) is 7.05. The lowest BCUT2D eigenvalue weighted by Crippen LogP contribution is -2.40. The van der Waals surface area contributed by atoms with Crippen molar-refractivity contribution in [2.24, 2.45) is 11.3 Å². The third-order valence-electron chi connectivity index (χ3n) is 3.90. The summed E-state index contributed by atoms with van der Waals surface area (Å²) in [5, 5.41) is 6.12. The van der Waals surface area contributed by atoms with Gasteiger partial charge in [0.15, 0.2) is 0 Å². The minimum Gasteiger partial charge on any atom is -0.381 e. The highest BCUT2D eigenvalue weighted by Gasteiger charge is 2.31. The van der Waals surface area contributed by atoms with Crippen molar-refractivity contribution in [3.63, 3.8) is 0 Å². The average molecular weight is 256 g/mol. The van der Waals surface area contributed by atoms with Crippen LogP contribution >= 0.6 is 0 Å². The summed E-state index contributed by atoms with van der Waals surface area (Å²) in [5.41, 5.74) is 0.169. The van der Waals surface area contributed by atoms with Gasteiger partial charge in [-0.2, -0.15) is 0 Å². The third kappa shape index (κ3) is 5.36. The van der Waals surface area contributed by atoms with E-state index in [1.165, 1.54) is 0 Å². The Balaban J connectivity index is 2.24. The SMILES string of the molecule is CNCCCC(=O)NCC(C)(C)C1CCOCC1. The summed E-state index contributed by atoms with van der Waals surface area (Å²) in [6.45, 7) is 7.90. The molecule has 0 saturated carbocycles. The van der Waals surface area contributed by atoms with Crippen LogP contribution in [0.15, 0.2) is 0 Å². The van der Waals surface area contributed by atoms with Crippen LogP contribution in [0, 0.1) is 11.3 Å². The Hall–Kier alpha value is -0.610. The molecule has 106 valence electrons. The first-order valence-electron chi connectivity index (χ1n) is 7.05. The lowest BCUT2D eigenvalue weighted by molar-refractivity contribution is -0.121. The van der Waals surface area contributed by atoms with Crippen LogP contribution in [-0.4, -0.2) is 39.3 Å². The Morgan fingerprint density at radius 1 is 1.33 bits per heavy atom. The molecule has 1 fully saturated rings. The van der Waals surface area contributed by atoms with Gasteiger partial charge in [0, 0.05) is 26.2 Å². The Labute approximate surface area is 111 Å². The normalized spacial score (nSPS) is 17.7. The maximum Gasteiger partial charge on any atom is 0.220 e. The van der Waals surface area contributed by atoms with E-state index in [-0.39, 0.29) is 11.3 Å². The average Bonchev–Trinajstić information content (AvgIpc) is 2.38. The molecule has 0 aromatic carbocycles. The van der Waals surface area contributed by atoms with Crippen LogP contribution in [0.3, 0.4) is 0 Å². The summed E-state index contributed by atoms with van der Waals surface area (Å²) in [7, 11) is 1.91. The molecule has 0 aromatic rings. The van der Waals surface area contributed by atoms with E-state index in [0.29, 0.717) is 12.3 Å². The maximum atomic E-state index is 11.7. The van der Waals surface area contributed by atoms with Crippen LogP contribution in [0.1, 0.15) is 39.5 Å². The molecular formula is C14H28N2O2. The van der Waals surface area contributed by atoms with E-state index in [9.17, 15) is 4.79 Å². The van der Waals surface area contributed by atoms with Crippen LogP contribution in [0.4, 0.5) is 0 Å². The molecular weight excluding hydrogens is 228 g/mol. The van der Waals surface area contributed by atoms with Crippen molar-refractivity contribution >= 4 is 5.91 Å². The number of hydrogen-bond donors (Lipinski definition) is 2. The van der Waals surface area contributed by atoms with E-state index >= 15 is 0 Å². The predicted octanol–water partition coefficient (Wildman–Crippen LogP) is 1.55. The van der Waals surface area contributed by atoms with Gasteiger partial charge >= 0.3 is 0 Å². The molecule has 0 radical (unpaired) electrons. The first-order chi connectivity index (χ1) is 8.56. The quantitative estimate of drug-likeness (QED) is 0.680. The van der Waals surface area contributed by atoms with Crippen molar-refractivity contribution in [1.29, 1.82) is 0 Å². The highest BCUT2D eigenvalue weighted by Crippen LogP contribution is 2.33. The van der Waals surface area contributed by atoms with E-state index in [1.807, 2.05) is 7.05 Å². The second kappa shape index (κ2) is 7.74. The van der Waals surface area contributed by atoms with Crippen molar-refractivity contribution in [2.45, 2.75) is 39.5 Å². The van der Waals surface area contributed by atoms with E-state index < -0.39 is 0 Å². The van der Waals surface area contributed by atoms with Crippen LogP contribution in [0.2, 0.25) is 0 Å². The van der Waals surface area contributed by atoms with Crippen molar-refractivity contribution in [3.05, 3.63) is 0 Å². The molecule has 0 unspecified atom stereocenters. The van der Waals surface area contributed by atoms with Crippen LogP contribution in [0.25, 0.3) is 0 Å². The molecule has 1 amide bonds. The molecule has 1 aliphatic rings. The molecule has 4 nitrogen and oxygen atoms in total. The molecule has 1 aliphatic heterocycles. The number of carbonyl (C=O) groups is 1. The van der Waals surface area contributed by atoms with Crippen molar-refractivity contribution in [2.75, 3.05) is 33.4 Å². The molecule has 0 aromatic heterocycles. The van der Waals surface area contributed by atoms with E-state index in [4.69, 9.17) is 4.74 Å². The zero-order valence-corrected chi connectivity index (χ0v) is 12.1. The van der Waals surface area contributed by atoms with Gasteiger partial charge in [-0.05, 0) is 44.2 Å². The van der Waals surface area contributed by atoms with Gasteiger partial charge in [-0.25, -0.2) is 0 Å². The van der Waals surface area contributed by atoms with Gasteiger partial charge in [0.1, 0.15) is 0 Å². The fourth-order valence-corrected chi connectivity index (χ4v) is 2.46. The van der Waals surface area contributed by atoms with Gasteiger partial charge in [-0.3, -0.25) is 4.79 Å². The van der Waals surface area contributed by atoms with Crippen molar-refractivity contribution in [1.82, 2.24) is 10.6 Å². The monoisotopic (exact) mass is 256 g/mol. The summed E-state index contributed by atoms with van der Waals surface area (Å²) in [6, 6.07) is 0. The minimum absolute atomic E-state index is 0.169. The second-order valence-electron chi connectivity index (χ2n) is 5.86. The van der Waals surface area contributed by atoms with E-state index in [0.717, 1.165) is 45.6 Å². The number of carbonyl (C=O) groups excluding carboxylic acids is 1. The number of rotatable bonds is 7. The summed E-state index contributed by atoms with van der Waals surface area (Å²) < 4.78 is 5.39. The van der Waals surface area contributed by atoms with Gasteiger partial charge in [0.2, 0.25) is 5.91 Å². The lowest BCUT2D eigenvalue weighted by Gasteiger charge is -2.37. The van der Waals surface area contributed by atoms with Crippen LogP contribution in [0.5, 0.6) is 0 Å². The minimum atomic E-state index is 0.169. The number of nitrogens with one attached hydrogen (secondary N) is 2. The van der Waals surface area contributed by atoms with Crippen molar-refractivity contribution in [3.8, 4) is 0 Å². The fraction of sp³-hybridized carbons (Fsp3) is 0.929. The maximum absolute atomic E-state index is 11.7. The molecule has 0 bridgehead atoms. The summed E-state index contributed by atoms with van der Waals surface area (Å²) in [6.07, 6.45) is 3.75. The van der Waals surface area contributed by atoms with Crippen LogP contribution in [-0.2, 0) is 9.53 Å². The zero-order valence-electron chi connectivity index (χ0n) is 12.1. The summed E-state index contributed by atoms with van der Waals surface area (Å²) in [5.74, 6) is 0.828. The molecule has 0 spiro atoms. The van der Waals surface area contributed by atoms with Gasteiger partial charge in [0.25, 0.3) is 0 Å². The van der Waals surface area contributed by atoms with Gasteiger partial charge < -0.3 is 15.4 Å². The fourth-order valence-electron chi connectivity index (χ4n) is 2.46.